The SMILES string of the molecule is Cc1cccc(COc2ccc(Br)cc2CNc2ccc(-c3nc4ccc(C)cc4s3)cc2)c1. The van der Waals surface area contributed by atoms with Crippen LogP contribution in [0.3, 0.4) is 0 Å². The molecule has 0 saturated carbocycles. The maximum Gasteiger partial charge on any atom is 0.124 e. The molecule has 1 aromatic heterocycles. The molecule has 0 fully saturated rings. The number of benzene rings is 4. The van der Waals surface area contributed by atoms with Crippen LogP contribution in [0.5, 0.6) is 5.75 Å². The average Bonchev–Trinajstić information content (AvgIpc) is 3.26. The molecular weight excluding hydrogens is 504 g/mol. The predicted octanol–water partition coefficient (Wildman–Crippen LogP) is 8.53. The van der Waals surface area contributed by atoms with E-state index >= 15 is 0 Å². The zero-order chi connectivity index (χ0) is 23.5. The first kappa shape index (κ1) is 22.6. The fourth-order valence-corrected chi connectivity index (χ4v) is 5.35. The molecule has 1 N–H and O–H groups in total. The van der Waals surface area contributed by atoms with Gasteiger partial charge in [0.1, 0.15) is 17.4 Å². The molecule has 0 aliphatic carbocycles. The molecule has 0 aliphatic heterocycles. The van der Waals surface area contributed by atoms with Gasteiger partial charge in [0.25, 0.3) is 0 Å². The van der Waals surface area contributed by atoms with Crippen LogP contribution in [0.25, 0.3) is 20.8 Å². The fraction of sp³-hybridized carbons (Fsp3) is 0.138. The lowest BCUT2D eigenvalue weighted by Crippen LogP contribution is -2.04. The standard InChI is InChI=1S/C29H25BrN2OS/c1-19-4-3-5-21(14-19)18-33-27-13-9-24(30)16-23(27)17-31-25-10-7-22(8-11-25)29-32-26-12-6-20(2)15-28(26)34-29/h3-16,31H,17-18H2,1-2H3. The number of aryl methyl sites for hydroxylation is 2. The molecule has 5 rings (SSSR count). The Kier molecular flexibility index (Phi) is 6.66. The molecule has 0 aliphatic rings. The van der Waals surface area contributed by atoms with Crippen LogP contribution in [-0.4, -0.2) is 4.98 Å². The summed E-state index contributed by atoms with van der Waals surface area (Å²) in [6, 6.07) is 29.4. The number of anilines is 1. The number of nitrogens with zero attached hydrogens (tertiary/aromatic N) is 1. The first-order valence-corrected chi connectivity index (χ1v) is 12.8. The molecule has 0 spiro atoms. The van der Waals surface area contributed by atoms with Crippen LogP contribution in [0.2, 0.25) is 0 Å². The molecule has 170 valence electrons. The Morgan fingerprint density at radius 2 is 1.71 bits per heavy atom. The third-order valence-electron chi connectivity index (χ3n) is 5.66. The Morgan fingerprint density at radius 1 is 0.882 bits per heavy atom. The molecule has 5 aromatic rings. The molecule has 0 amide bonds. The molecular formula is C29H25BrN2OS. The zero-order valence-corrected chi connectivity index (χ0v) is 21.5. The van der Waals surface area contributed by atoms with Crippen LogP contribution in [0.1, 0.15) is 22.3 Å². The van der Waals surface area contributed by atoms with E-state index in [4.69, 9.17) is 9.72 Å². The third-order valence-corrected chi connectivity index (χ3v) is 7.22. The number of rotatable bonds is 7. The van der Waals surface area contributed by atoms with E-state index in [9.17, 15) is 0 Å². The van der Waals surface area contributed by atoms with Crippen molar-refractivity contribution in [1.29, 1.82) is 0 Å². The largest absolute Gasteiger partial charge is 0.489 e. The molecule has 3 nitrogen and oxygen atoms in total. The van der Waals surface area contributed by atoms with Crippen molar-refractivity contribution in [3.05, 3.63) is 112 Å². The van der Waals surface area contributed by atoms with Gasteiger partial charge in [-0.2, -0.15) is 0 Å². The minimum atomic E-state index is 0.548. The Labute approximate surface area is 212 Å². The number of hydrogen-bond donors (Lipinski definition) is 1. The molecule has 0 bridgehead atoms. The lowest BCUT2D eigenvalue weighted by Gasteiger charge is -2.14. The molecule has 5 heteroatoms. The van der Waals surface area contributed by atoms with E-state index in [1.54, 1.807) is 11.3 Å². The molecule has 1 heterocycles. The second-order valence-corrected chi connectivity index (χ2v) is 10.4. The fourth-order valence-electron chi connectivity index (χ4n) is 3.87. The Morgan fingerprint density at radius 3 is 2.53 bits per heavy atom. The maximum absolute atomic E-state index is 6.17. The lowest BCUT2D eigenvalue weighted by molar-refractivity contribution is 0.303. The normalized spacial score (nSPS) is 11.0. The first-order valence-electron chi connectivity index (χ1n) is 11.2. The summed E-state index contributed by atoms with van der Waals surface area (Å²) in [7, 11) is 0. The van der Waals surface area contributed by atoms with Gasteiger partial charge in [0.15, 0.2) is 0 Å². The molecule has 0 radical (unpaired) electrons. The highest BCUT2D eigenvalue weighted by atomic mass is 79.9. The Hall–Kier alpha value is -3.15. The highest BCUT2D eigenvalue weighted by Gasteiger charge is 2.08. The molecule has 34 heavy (non-hydrogen) atoms. The summed E-state index contributed by atoms with van der Waals surface area (Å²) < 4.78 is 8.43. The molecule has 0 saturated heterocycles. The summed E-state index contributed by atoms with van der Waals surface area (Å²) in [4.78, 5) is 4.80. The van der Waals surface area contributed by atoms with E-state index in [1.165, 1.54) is 21.4 Å². The lowest BCUT2D eigenvalue weighted by atomic mass is 10.1. The van der Waals surface area contributed by atoms with E-state index in [-0.39, 0.29) is 0 Å². The van der Waals surface area contributed by atoms with Crippen LogP contribution in [0, 0.1) is 13.8 Å². The minimum Gasteiger partial charge on any atom is -0.489 e. The number of thiazole rings is 1. The number of hydrogen-bond acceptors (Lipinski definition) is 4. The van der Waals surface area contributed by atoms with E-state index in [0.29, 0.717) is 13.2 Å². The van der Waals surface area contributed by atoms with E-state index in [2.05, 4.69) is 108 Å². The minimum absolute atomic E-state index is 0.548. The van der Waals surface area contributed by atoms with Gasteiger partial charge in [-0.1, -0.05) is 51.8 Å². The first-order chi connectivity index (χ1) is 16.5. The van der Waals surface area contributed by atoms with Crippen molar-refractivity contribution >= 4 is 43.2 Å². The zero-order valence-electron chi connectivity index (χ0n) is 19.1. The summed E-state index contributed by atoms with van der Waals surface area (Å²) in [5, 5.41) is 4.58. The van der Waals surface area contributed by atoms with Crippen LogP contribution in [0.4, 0.5) is 5.69 Å². The van der Waals surface area contributed by atoms with Crippen molar-refractivity contribution in [3.63, 3.8) is 0 Å². The number of ether oxygens (including phenoxy) is 1. The highest BCUT2D eigenvalue weighted by molar-refractivity contribution is 9.10. The van der Waals surface area contributed by atoms with Crippen LogP contribution in [0.15, 0.2) is 89.4 Å². The average molecular weight is 530 g/mol. The van der Waals surface area contributed by atoms with Crippen molar-refractivity contribution in [1.82, 2.24) is 4.98 Å². The van der Waals surface area contributed by atoms with Gasteiger partial charge in [0.05, 0.1) is 10.2 Å². The van der Waals surface area contributed by atoms with Gasteiger partial charge in [0.2, 0.25) is 0 Å². The Bertz CT molecular complexity index is 1440. The maximum atomic E-state index is 6.17. The van der Waals surface area contributed by atoms with Crippen LogP contribution in [-0.2, 0) is 13.2 Å². The van der Waals surface area contributed by atoms with E-state index < -0.39 is 0 Å². The highest BCUT2D eigenvalue weighted by Crippen LogP contribution is 2.32. The second kappa shape index (κ2) is 10.00. The second-order valence-electron chi connectivity index (χ2n) is 8.45. The van der Waals surface area contributed by atoms with E-state index in [1.807, 2.05) is 12.1 Å². The van der Waals surface area contributed by atoms with Crippen molar-refractivity contribution in [2.45, 2.75) is 27.0 Å². The van der Waals surface area contributed by atoms with Crippen LogP contribution < -0.4 is 10.1 Å². The van der Waals surface area contributed by atoms with Gasteiger partial charge in [-0.25, -0.2) is 4.98 Å². The van der Waals surface area contributed by atoms with Gasteiger partial charge in [-0.05, 0) is 79.6 Å². The number of halogens is 1. The number of aromatic nitrogens is 1. The van der Waals surface area contributed by atoms with Crippen LogP contribution >= 0.6 is 27.3 Å². The predicted molar refractivity (Wildman–Crippen MR) is 147 cm³/mol. The summed E-state index contributed by atoms with van der Waals surface area (Å²) in [5.74, 6) is 0.888. The van der Waals surface area contributed by atoms with Crippen molar-refractivity contribution in [2.24, 2.45) is 0 Å². The van der Waals surface area contributed by atoms with Crippen molar-refractivity contribution in [3.8, 4) is 16.3 Å². The summed E-state index contributed by atoms with van der Waals surface area (Å²) in [5.41, 5.74) is 8.02. The van der Waals surface area contributed by atoms with Crippen molar-refractivity contribution in [2.75, 3.05) is 5.32 Å². The quantitative estimate of drug-likeness (QED) is 0.229. The van der Waals surface area contributed by atoms with Gasteiger partial charge < -0.3 is 10.1 Å². The topological polar surface area (TPSA) is 34.1 Å². The van der Waals surface area contributed by atoms with Gasteiger partial charge in [-0.3, -0.25) is 0 Å². The molecule has 4 aromatic carbocycles. The molecule has 0 atom stereocenters. The van der Waals surface area contributed by atoms with Gasteiger partial charge in [0, 0.05) is 27.8 Å². The van der Waals surface area contributed by atoms with Gasteiger partial charge >= 0.3 is 0 Å². The Balaban J connectivity index is 1.27. The van der Waals surface area contributed by atoms with E-state index in [0.717, 1.165) is 37.6 Å². The third kappa shape index (κ3) is 5.32. The number of fused-ring (bicyclic) bond motifs is 1. The van der Waals surface area contributed by atoms with Crippen molar-refractivity contribution < 1.29 is 4.74 Å². The molecule has 0 unspecified atom stereocenters. The summed E-state index contributed by atoms with van der Waals surface area (Å²) in [6.45, 7) is 5.43. The summed E-state index contributed by atoms with van der Waals surface area (Å²) >= 11 is 5.33. The monoisotopic (exact) mass is 528 g/mol. The summed E-state index contributed by atoms with van der Waals surface area (Å²) in [6.07, 6.45) is 0. The van der Waals surface area contributed by atoms with Gasteiger partial charge in [-0.15, -0.1) is 11.3 Å². The smallest absolute Gasteiger partial charge is 0.124 e. The number of nitrogens with one attached hydrogen (secondary N) is 1.